The molecule has 0 saturated heterocycles. The molecule has 94 valence electrons. The van der Waals surface area contributed by atoms with Gasteiger partial charge in [-0.05, 0) is 23.1 Å². The first-order valence-corrected chi connectivity index (χ1v) is 6.07. The minimum Gasteiger partial charge on any atom is -0.481 e. The van der Waals surface area contributed by atoms with E-state index >= 15 is 0 Å². The molecule has 2 heterocycles. The van der Waals surface area contributed by atoms with Gasteiger partial charge in [-0.1, -0.05) is 13.8 Å². The summed E-state index contributed by atoms with van der Waals surface area (Å²) in [4.78, 5) is 15.6. The van der Waals surface area contributed by atoms with E-state index in [1.165, 1.54) is 0 Å². The number of carbonyl (C=O) groups is 1. The molecule has 0 radical (unpaired) electrons. The maximum absolute atomic E-state index is 11.3. The highest BCUT2D eigenvalue weighted by Gasteiger charge is 2.63. The minimum absolute atomic E-state index is 0.0860. The van der Waals surface area contributed by atoms with E-state index in [0.29, 0.717) is 0 Å². The Morgan fingerprint density at radius 1 is 1.50 bits per heavy atom. The summed E-state index contributed by atoms with van der Waals surface area (Å²) in [5, 5.41) is 10.3. The topological polar surface area (TPSA) is 55.1 Å². The SMILES string of the molecule is Cn1cc([C@@H]2[C@@H](C(=O)O)C2(C)C)c2cccnc21. The number of hydrogen-bond donors (Lipinski definition) is 1. The Kier molecular flexibility index (Phi) is 2.09. The molecule has 0 bridgehead atoms. The number of carboxylic acid groups (broad SMARTS) is 1. The third-order valence-corrected chi connectivity index (χ3v) is 4.19. The van der Waals surface area contributed by atoms with E-state index in [1.807, 2.05) is 43.8 Å². The lowest BCUT2D eigenvalue weighted by Crippen LogP contribution is -2.03. The van der Waals surface area contributed by atoms with Crippen LogP contribution in [-0.2, 0) is 11.8 Å². The molecule has 2 atom stereocenters. The second-order valence-corrected chi connectivity index (χ2v) is 5.68. The van der Waals surface area contributed by atoms with Crippen LogP contribution in [-0.4, -0.2) is 20.6 Å². The number of carboxylic acids is 1. The third-order valence-electron chi connectivity index (χ3n) is 4.19. The molecule has 1 N–H and O–H groups in total. The van der Waals surface area contributed by atoms with Crippen molar-refractivity contribution in [3.63, 3.8) is 0 Å². The number of aryl methyl sites for hydroxylation is 1. The molecule has 0 aromatic carbocycles. The van der Waals surface area contributed by atoms with Crippen LogP contribution in [0.1, 0.15) is 25.3 Å². The summed E-state index contributed by atoms with van der Waals surface area (Å²) >= 11 is 0. The van der Waals surface area contributed by atoms with Gasteiger partial charge in [-0.3, -0.25) is 4.79 Å². The molecule has 3 rings (SSSR count). The van der Waals surface area contributed by atoms with Gasteiger partial charge < -0.3 is 9.67 Å². The lowest BCUT2D eigenvalue weighted by Gasteiger charge is -2.00. The van der Waals surface area contributed by atoms with E-state index in [4.69, 9.17) is 0 Å². The predicted molar refractivity (Wildman–Crippen MR) is 68.4 cm³/mol. The van der Waals surface area contributed by atoms with Crippen LogP contribution >= 0.6 is 0 Å². The molecule has 0 spiro atoms. The standard InChI is InChI=1S/C14H16N2O2/c1-14(2)10(11(14)13(17)18)9-7-16(3)12-8(9)5-4-6-15-12/h4-7,10-11H,1-3H3,(H,17,18)/t10-,11+/m1/s1. The molecule has 1 aliphatic carbocycles. The van der Waals surface area contributed by atoms with Crippen molar-refractivity contribution in [3.05, 3.63) is 30.1 Å². The Morgan fingerprint density at radius 3 is 2.83 bits per heavy atom. The summed E-state index contributed by atoms with van der Waals surface area (Å²) in [7, 11) is 1.95. The number of nitrogens with zero attached hydrogens (tertiary/aromatic N) is 2. The van der Waals surface area contributed by atoms with Crippen LogP contribution in [0.15, 0.2) is 24.5 Å². The molecule has 2 aromatic heterocycles. The van der Waals surface area contributed by atoms with Gasteiger partial charge in [0.2, 0.25) is 0 Å². The van der Waals surface area contributed by atoms with Gasteiger partial charge in [-0.25, -0.2) is 4.98 Å². The van der Waals surface area contributed by atoms with Crippen molar-refractivity contribution in [2.45, 2.75) is 19.8 Å². The first-order valence-electron chi connectivity index (χ1n) is 6.07. The number of fused-ring (bicyclic) bond motifs is 1. The predicted octanol–water partition coefficient (Wildman–Crippen LogP) is 2.40. The minimum atomic E-state index is -0.703. The van der Waals surface area contributed by atoms with Crippen LogP contribution in [0.5, 0.6) is 0 Å². The lowest BCUT2D eigenvalue weighted by atomic mass is 10.0. The highest BCUT2D eigenvalue weighted by atomic mass is 16.4. The summed E-state index contributed by atoms with van der Waals surface area (Å²) in [5.74, 6) is -0.905. The second-order valence-electron chi connectivity index (χ2n) is 5.68. The van der Waals surface area contributed by atoms with Crippen molar-refractivity contribution in [1.82, 2.24) is 9.55 Å². The Bertz CT molecular complexity index is 642. The molecule has 1 fully saturated rings. The summed E-state index contributed by atoms with van der Waals surface area (Å²) in [6, 6.07) is 3.92. The zero-order valence-electron chi connectivity index (χ0n) is 10.7. The second kappa shape index (κ2) is 3.34. The van der Waals surface area contributed by atoms with Crippen molar-refractivity contribution >= 4 is 17.0 Å². The Hall–Kier alpha value is -1.84. The zero-order valence-corrected chi connectivity index (χ0v) is 10.7. The Labute approximate surface area is 105 Å². The maximum atomic E-state index is 11.3. The molecule has 0 amide bonds. The monoisotopic (exact) mass is 244 g/mol. The van der Waals surface area contributed by atoms with Crippen molar-refractivity contribution in [2.75, 3.05) is 0 Å². The Balaban J connectivity index is 2.15. The zero-order chi connectivity index (χ0) is 13.1. The lowest BCUT2D eigenvalue weighted by molar-refractivity contribution is -0.139. The van der Waals surface area contributed by atoms with Gasteiger partial charge in [0.1, 0.15) is 5.65 Å². The van der Waals surface area contributed by atoms with E-state index in [2.05, 4.69) is 4.98 Å². The van der Waals surface area contributed by atoms with Gasteiger partial charge in [-0.2, -0.15) is 0 Å². The van der Waals surface area contributed by atoms with Crippen LogP contribution < -0.4 is 0 Å². The average Bonchev–Trinajstić information content (AvgIpc) is 2.73. The third kappa shape index (κ3) is 1.32. The summed E-state index contributed by atoms with van der Waals surface area (Å²) < 4.78 is 1.97. The Morgan fingerprint density at radius 2 is 2.22 bits per heavy atom. The molecule has 4 nitrogen and oxygen atoms in total. The van der Waals surface area contributed by atoms with Gasteiger partial charge in [-0.15, -0.1) is 0 Å². The number of hydrogen-bond acceptors (Lipinski definition) is 2. The van der Waals surface area contributed by atoms with E-state index in [1.54, 1.807) is 6.20 Å². The smallest absolute Gasteiger partial charge is 0.307 e. The van der Waals surface area contributed by atoms with Gasteiger partial charge in [0.05, 0.1) is 5.92 Å². The van der Waals surface area contributed by atoms with Crippen molar-refractivity contribution in [2.24, 2.45) is 18.4 Å². The molecule has 0 aliphatic heterocycles. The van der Waals surface area contributed by atoms with E-state index < -0.39 is 5.97 Å². The molecular weight excluding hydrogens is 228 g/mol. The van der Waals surface area contributed by atoms with Gasteiger partial charge >= 0.3 is 5.97 Å². The van der Waals surface area contributed by atoms with Crippen LogP contribution in [0.2, 0.25) is 0 Å². The molecule has 18 heavy (non-hydrogen) atoms. The number of rotatable bonds is 2. The summed E-state index contributed by atoms with van der Waals surface area (Å²) in [6.45, 7) is 4.04. The van der Waals surface area contributed by atoms with Crippen LogP contribution in [0.4, 0.5) is 0 Å². The summed E-state index contributed by atoms with van der Waals surface area (Å²) in [6.07, 6.45) is 3.78. The normalized spacial score (nSPS) is 25.3. The van der Waals surface area contributed by atoms with Crippen LogP contribution in [0.3, 0.4) is 0 Å². The van der Waals surface area contributed by atoms with E-state index in [9.17, 15) is 9.90 Å². The molecule has 0 unspecified atom stereocenters. The fraction of sp³-hybridized carbons (Fsp3) is 0.429. The molecule has 1 aliphatic rings. The molecular formula is C14H16N2O2. The van der Waals surface area contributed by atoms with Crippen molar-refractivity contribution < 1.29 is 9.90 Å². The highest BCUT2D eigenvalue weighted by molar-refractivity contribution is 5.85. The number of aromatic nitrogens is 2. The number of pyridine rings is 1. The first-order chi connectivity index (χ1) is 8.44. The first kappa shape index (κ1) is 11.3. The molecule has 2 aromatic rings. The fourth-order valence-corrected chi connectivity index (χ4v) is 3.17. The quantitative estimate of drug-likeness (QED) is 0.882. The number of aliphatic carboxylic acids is 1. The highest BCUT2D eigenvalue weighted by Crippen LogP contribution is 2.65. The van der Waals surface area contributed by atoms with Crippen molar-refractivity contribution in [1.29, 1.82) is 0 Å². The van der Waals surface area contributed by atoms with Crippen LogP contribution in [0, 0.1) is 11.3 Å². The average molecular weight is 244 g/mol. The fourth-order valence-electron chi connectivity index (χ4n) is 3.17. The van der Waals surface area contributed by atoms with E-state index in [0.717, 1.165) is 16.6 Å². The van der Waals surface area contributed by atoms with Gasteiger partial charge in [0.15, 0.2) is 0 Å². The van der Waals surface area contributed by atoms with E-state index in [-0.39, 0.29) is 17.3 Å². The van der Waals surface area contributed by atoms with Crippen LogP contribution in [0.25, 0.3) is 11.0 Å². The summed E-state index contributed by atoms with van der Waals surface area (Å²) in [5.41, 5.74) is 1.85. The molecule has 4 heteroatoms. The van der Waals surface area contributed by atoms with Gasteiger partial charge in [0, 0.05) is 30.7 Å². The molecule has 1 saturated carbocycles. The van der Waals surface area contributed by atoms with Crippen molar-refractivity contribution in [3.8, 4) is 0 Å². The largest absolute Gasteiger partial charge is 0.481 e. The van der Waals surface area contributed by atoms with Gasteiger partial charge in [0.25, 0.3) is 0 Å². The maximum Gasteiger partial charge on any atom is 0.307 e.